The monoisotopic (exact) mass is 166 g/mol. The number of rotatable bonds is 1. The topological polar surface area (TPSA) is 38.4 Å². The van der Waals surface area contributed by atoms with Gasteiger partial charge in [-0.1, -0.05) is 6.07 Å². The summed E-state index contributed by atoms with van der Waals surface area (Å²) in [6.45, 7) is 3.53. The largest absolute Gasteiger partial charge is 0.387 e. The second kappa shape index (κ2) is 3.34. The number of aliphatic imine (C=N–C) groups is 1. The average molecular weight is 166 g/mol. The van der Waals surface area contributed by atoms with Crippen molar-refractivity contribution < 1.29 is 4.39 Å². The number of nitrogens with two attached hydrogens (primary N) is 1. The van der Waals surface area contributed by atoms with Gasteiger partial charge in [0, 0.05) is 0 Å². The molecule has 0 atom stereocenters. The van der Waals surface area contributed by atoms with Crippen molar-refractivity contribution in [1.29, 1.82) is 0 Å². The Kier molecular flexibility index (Phi) is 2.43. The Balaban J connectivity index is 3.14. The van der Waals surface area contributed by atoms with E-state index in [1.807, 2.05) is 6.92 Å². The van der Waals surface area contributed by atoms with Crippen LogP contribution in [0.15, 0.2) is 23.2 Å². The standard InChI is InChI=1S/C9H11FN2/c1-6-3-4-8(10)5-9(6)12-7(2)11/h3-5H,1-2H3,(H2,11,12). The molecule has 1 aromatic rings. The molecule has 0 amide bonds. The van der Waals surface area contributed by atoms with Gasteiger partial charge in [0.1, 0.15) is 5.82 Å². The highest BCUT2D eigenvalue weighted by Crippen LogP contribution is 2.18. The lowest BCUT2D eigenvalue weighted by atomic mass is 10.2. The molecule has 12 heavy (non-hydrogen) atoms. The zero-order chi connectivity index (χ0) is 9.14. The van der Waals surface area contributed by atoms with Crippen LogP contribution in [0.3, 0.4) is 0 Å². The van der Waals surface area contributed by atoms with E-state index in [2.05, 4.69) is 4.99 Å². The van der Waals surface area contributed by atoms with E-state index < -0.39 is 0 Å². The highest BCUT2D eigenvalue weighted by atomic mass is 19.1. The van der Waals surface area contributed by atoms with Gasteiger partial charge in [-0.25, -0.2) is 9.38 Å². The smallest absolute Gasteiger partial charge is 0.125 e. The van der Waals surface area contributed by atoms with E-state index >= 15 is 0 Å². The van der Waals surface area contributed by atoms with Crippen LogP contribution in [-0.2, 0) is 0 Å². The van der Waals surface area contributed by atoms with Crippen molar-refractivity contribution in [3.8, 4) is 0 Å². The van der Waals surface area contributed by atoms with Crippen LogP contribution in [0, 0.1) is 12.7 Å². The summed E-state index contributed by atoms with van der Waals surface area (Å²) in [4.78, 5) is 3.97. The molecule has 2 N–H and O–H groups in total. The van der Waals surface area contributed by atoms with Crippen LogP contribution in [0.2, 0.25) is 0 Å². The number of benzene rings is 1. The fraction of sp³-hybridized carbons (Fsp3) is 0.222. The molecule has 0 unspecified atom stereocenters. The van der Waals surface area contributed by atoms with E-state index in [9.17, 15) is 4.39 Å². The molecule has 3 heteroatoms. The van der Waals surface area contributed by atoms with E-state index in [4.69, 9.17) is 5.73 Å². The van der Waals surface area contributed by atoms with Crippen LogP contribution in [-0.4, -0.2) is 5.84 Å². The molecule has 0 heterocycles. The molecular weight excluding hydrogens is 155 g/mol. The SMILES string of the molecule is CC(N)=Nc1cc(F)ccc1C. The van der Waals surface area contributed by atoms with Gasteiger partial charge in [-0.2, -0.15) is 0 Å². The molecule has 0 fully saturated rings. The van der Waals surface area contributed by atoms with Gasteiger partial charge in [0.05, 0.1) is 11.5 Å². The number of halogens is 1. The maximum Gasteiger partial charge on any atom is 0.125 e. The molecule has 0 bridgehead atoms. The summed E-state index contributed by atoms with van der Waals surface area (Å²) in [6, 6.07) is 4.45. The fourth-order valence-corrected chi connectivity index (χ4v) is 0.893. The Labute approximate surface area is 70.9 Å². The van der Waals surface area contributed by atoms with Crippen LogP contribution in [0.25, 0.3) is 0 Å². The predicted molar refractivity (Wildman–Crippen MR) is 48.1 cm³/mol. The summed E-state index contributed by atoms with van der Waals surface area (Å²) >= 11 is 0. The Hall–Kier alpha value is -1.38. The zero-order valence-electron chi connectivity index (χ0n) is 7.13. The number of hydrogen-bond donors (Lipinski definition) is 1. The van der Waals surface area contributed by atoms with Gasteiger partial charge in [-0.3, -0.25) is 0 Å². The highest BCUT2D eigenvalue weighted by Gasteiger charge is 1.97. The first-order chi connectivity index (χ1) is 5.59. The minimum atomic E-state index is -0.291. The summed E-state index contributed by atoms with van der Waals surface area (Å²) in [7, 11) is 0. The van der Waals surface area contributed by atoms with Gasteiger partial charge >= 0.3 is 0 Å². The molecule has 0 saturated heterocycles. The second-order valence-electron chi connectivity index (χ2n) is 2.68. The molecule has 0 aromatic heterocycles. The van der Waals surface area contributed by atoms with Gasteiger partial charge in [0.2, 0.25) is 0 Å². The Morgan fingerprint density at radius 3 is 2.75 bits per heavy atom. The van der Waals surface area contributed by atoms with E-state index in [1.165, 1.54) is 12.1 Å². The number of amidine groups is 1. The Morgan fingerprint density at radius 2 is 2.17 bits per heavy atom. The van der Waals surface area contributed by atoms with E-state index in [0.717, 1.165) is 5.56 Å². The van der Waals surface area contributed by atoms with Crippen molar-refractivity contribution in [2.75, 3.05) is 0 Å². The Bertz CT molecular complexity index is 314. The fourth-order valence-electron chi connectivity index (χ4n) is 0.893. The van der Waals surface area contributed by atoms with Gasteiger partial charge in [-0.15, -0.1) is 0 Å². The van der Waals surface area contributed by atoms with Crippen molar-refractivity contribution in [1.82, 2.24) is 0 Å². The van der Waals surface area contributed by atoms with Crippen LogP contribution in [0.4, 0.5) is 10.1 Å². The number of nitrogens with zero attached hydrogens (tertiary/aromatic N) is 1. The first-order valence-corrected chi connectivity index (χ1v) is 3.66. The van der Waals surface area contributed by atoms with Crippen molar-refractivity contribution in [3.05, 3.63) is 29.6 Å². The quantitative estimate of drug-likeness (QED) is 0.503. The zero-order valence-corrected chi connectivity index (χ0v) is 7.13. The first-order valence-electron chi connectivity index (χ1n) is 3.66. The third-order valence-corrected chi connectivity index (χ3v) is 1.47. The van der Waals surface area contributed by atoms with Crippen molar-refractivity contribution in [2.45, 2.75) is 13.8 Å². The van der Waals surface area contributed by atoms with Crippen LogP contribution >= 0.6 is 0 Å². The summed E-state index contributed by atoms with van der Waals surface area (Å²) in [5.74, 6) is 0.143. The number of aryl methyl sites for hydroxylation is 1. The van der Waals surface area contributed by atoms with Crippen LogP contribution in [0.1, 0.15) is 12.5 Å². The lowest BCUT2D eigenvalue weighted by Crippen LogP contribution is -2.04. The first kappa shape index (κ1) is 8.71. The predicted octanol–water partition coefficient (Wildman–Crippen LogP) is 2.14. The van der Waals surface area contributed by atoms with Crippen molar-refractivity contribution in [3.63, 3.8) is 0 Å². The summed E-state index contributed by atoms with van der Waals surface area (Å²) < 4.78 is 12.7. The third kappa shape index (κ3) is 2.05. The van der Waals surface area contributed by atoms with E-state index in [-0.39, 0.29) is 5.82 Å². The normalized spacial score (nSPS) is 11.8. The molecule has 0 aliphatic heterocycles. The molecule has 1 rings (SSSR count). The molecule has 0 spiro atoms. The summed E-state index contributed by atoms with van der Waals surface area (Å²) in [6.07, 6.45) is 0. The highest BCUT2D eigenvalue weighted by molar-refractivity contribution is 5.80. The summed E-state index contributed by atoms with van der Waals surface area (Å²) in [5, 5.41) is 0. The van der Waals surface area contributed by atoms with Crippen LogP contribution < -0.4 is 5.73 Å². The van der Waals surface area contributed by atoms with E-state index in [1.54, 1.807) is 13.0 Å². The maximum atomic E-state index is 12.7. The van der Waals surface area contributed by atoms with Gasteiger partial charge in [0.15, 0.2) is 0 Å². The molecule has 64 valence electrons. The lowest BCUT2D eigenvalue weighted by Gasteiger charge is -1.99. The minimum Gasteiger partial charge on any atom is -0.387 e. The maximum absolute atomic E-state index is 12.7. The van der Waals surface area contributed by atoms with E-state index in [0.29, 0.717) is 11.5 Å². The molecule has 0 radical (unpaired) electrons. The lowest BCUT2D eigenvalue weighted by molar-refractivity contribution is 0.628. The molecule has 1 aromatic carbocycles. The van der Waals surface area contributed by atoms with Crippen LogP contribution in [0.5, 0.6) is 0 Å². The van der Waals surface area contributed by atoms with Gasteiger partial charge in [0.25, 0.3) is 0 Å². The molecular formula is C9H11FN2. The third-order valence-electron chi connectivity index (χ3n) is 1.47. The number of hydrogen-bond acceptors (Lipinski definition) is 1. The van der Waals surface area contributed by atoms with Gasteiger partial charge in [-0.05, 0) is 31.5 Å². The van der Waals surface area contributed by atoms with Crippen molar-refractivity contribution >= 4 is 11.5 Å². The minimum absolute atomic E-state index is 0.291. The molecule has 2 nitrogen and oxygen atoms in total. The summed E-state index contributed by atoms with van der Waals surface area (Å²) in [5.41, 5.74) is 6.88. The van der Waals surface area contributed by atoms with Crippen molar-refractivity contribution in [2.24, 2.45) is 10.7 Å². The molecule has 0 saturated carbocycles. The molecule has 0 aliphatic carbocycles. The Morgan fingerprint density at radius 1 is 1.50 bits per heavy atom. The average Bonchev–Trinajstić information content (AvgIpc) is 1.96. The molecule has 0 aliphatic rings. The second-order valence-corrected chi connectivity index (χ2v) is 2.68. The van der Waals surface area contributed by atoms with Gasteiger partial charge < -0.3 is 5.73 Å².